The third kappa shape index (κ3) is 3.07. The summed E-state index contributed by atoms with van der Waals surface area (Å²) >= 11 is 0. The first kappa shape index (κ1) is 16.3. The Labute approximate surface area is 137 Å². The summed E-state index contributed by atoms with van der Waals surface area (Å²) in [6.45, 7) is 1.38. The van der Waals surface area contributed by atoms with Crippen molar-refractivity contribution < 1.29 is 13.2 Å². The lowest BCUT2D eigenvalue weighted by atomic mass is 9.96. The molecule has 0 radical (unpaired) electrons. The molecule has 1 aliphatic rings. The van der Waals surface area contributed by atoms with E-state index in [-0.39, 0.29) is 11.5 Å². The number of aromatic nitrogens is 3. The summed E-state index contributed by atoms with van der Waals surface area (Å²) in [5.41, 5.74) is -0.609. The summed E-state index contributed by atoms with van der Waals surface area (Å²) in [5.74, 6) is 1.03. The van der Waals surface area contributed by atoms with Crippen molar-refractivity contribution >= 4 is 5.69 Å². The van der Waals surface area contributed by atoms with Gasteiger partial charge in [-0.25, -0.2) is 0 Å². The zero-order valence-corrected chi connectivity index (χ0v) is 13.1. The third-order valence-corrected chi connectivity index (χ3v) is 4.33. The second-order valence-electron chi connectivity index (χ2n) is 5.92. The number of hydrogen-bond acceptors (Lipinski definition) is 4. The van der Waals surface area contributed by atoms with E-state index < -0.39 is 11.7 Å². The van der Waals surface area contributed by atoms with E-state index in [9.17, 15) is 13.2 Å². The quantitative estimate of drug-likeness (QED) is 0.846. The van der Waals surface area contributed by atoms with Crippen molar-refractivity contribution in [3.63, 3.8) is 0 Å². The Kier molecular flexibility index (Phi) is 4.18. The van der Waals surface area contributed by atoms with Gasteiger partial charge in [0.05, 0.1) is 17.2 Å². The average Bonchev–Trinajstić information content (AvgIpc) is 2.99. The minimum absolute atomic E-state index is 0.166. The van der Waals surface area contributed by atoms with E-state index in [0.29, 0.717) is 12.2 Å². The molecule has 126 valence electrons. The molecule has 24 heavy (non-hydrogen) atoms. The SMILES string of the molecule is Cn1cnnc1C1CCCN(c2ccc(C(F)(F)F)c(C#N)c2)C1. The molecule has 0 spiro atoms. The Morgan fingerprint density at radius 1 is 1.33 bits per heavy atom. The lowest BCUT2D eigenvalue weighted by Crippen LogP contribution is -2.35. The monoisotopic (exact) mass is 335 g/mol. The Balaban J connectivity index is 1.86. The van der Waals surface area contributed by atoms with Crippen LogP contribution < -0.4 is 4.90 Å². The summed E-state index contributed by atoms with van der Waals surface area (Å²) in [7, 11) is 1.88. The fraction of sp³-hybridized carbons (Fsp3) is 0.438. The number of halogens is 3. The molecule has 1 saturated heterocycles. The standard InChI is InChI=1S/C16H16F3N5/c1-23-10-21-22-15(23)11-3-2-6-24(9-11)13-4-5-14(16(17,18)19)12(7-13)8-20/h4-5,7,10-11H,2-3,6,9H2,1H3. The molecular weight excluding hydrogens is 319 g/mol. The summed E-state index contributed by atoms with van der Waals surface area (Å²) < 4.78 is 40.6. The smallest absolute Gasteiger partial charge is 0.371 e. The maximum Gasteiger partial charge on any atom is 0.417 e. The molecule has 0 saturated carbocycles. The number of hydrogen-bond donors (Lipinski definition) is 0. The van der Waals surface area contributed by atoms with Gasteiger partial charge in [-0.3, -0.25) is 0 Å². The van der Waals surface area contributed by atoms with Crippen LogP contribution in [0.25, 0.3) is 0 Å². The molecule has 1 unspecified atom stereocenters. The molecule has 3 rings (SSSR count). The van der Waals surface area contributed by atoms with Gasteiger partial charge in [0.25, 0.3) is 0 Å². The van der Waals surface area contributed by atoms with Crippen LogP contribution in [-0.2, 0) is 13.2 Å². The van der Waals surface area contributed by atoms with E-state index in [1.54, 1.807) is 12.4 Å². The van der Waals surface area contributed by atoms with Crippen molar-refractivity contribution in [2.45, 2.75) is 24.9 Å². The topological polar surface area (TPSA) is 57.7 Å². The molecule has 1 aromatic heterocycles. The van der Waals surface area contributed by atoms with Gasteiger partial charge < -0.3 is 9.47 Å². The number of alkyl halides is 3. The highest BCUT2D eigenvalue weighted by Crippen LogP contribution is 2.35. The summed E-state index contributed by atoms with van der Waals surface area (Å²) in [6, 6.07) is 5.40. The van der Waals surface area contributed by atoms with E-state index >= 15 is 0 Å². The van der Waals surface area contributed by atoms with Crippen molar-refractivity contribution in [1.29, 1.82) is 5.26 Å². The van der Waals surface area contributed by atoms with Crippen LogP contribution in [0.15, 0.2) is 24.5 Å². The predicted molar refractivity (Wildman–Crippen MR) is 81.4 cm³/mol. The highest BCUT2D eigenvalue weighted by atomic mass is 19.4. The van der Waals surface area contributed by atoms with Crippen LogP contribution in [0.3, 0.4) is 0 Å². The molecular formula is C16H16F3N5. The zero-order valence-electron chi connectivity index (χ0n) is 13.1. The van der Waals surface area contributed by atoms with Gasteiger partial charge in [0.15, 0.2) is 0 Å². The molecule has 0 N–H and O–H groups in total. The average molecular weight is 335 g/mol. The second kappa shape index (κ2) is 6.15. The third-order valence-electron chi connectivity index (χ3n) is 4.33. The van der Waals surface area contributed by atoms with Crippen LogP contribution in [0.2, 0.25) is 0 Å². The van der Waals surface area contributed by atoms with E-state index in [0.717, 1.165) is 31.3 Å². The van der Waals surface area contributed by atoms with E-state index in [4.69, 9.17) is 5.26 Å². The van der Waals surface area contributed by atoms with Crippen molar-refractivity contribution in [3.8, 4) is 6.07 Å². The summed E-state index contributed by atoms with van der Waals surface area (Å²) in [4.78, 5) is 2.00. The van der Waals surface area contributed by atoms with Crippen molar-refractivity contribution in [1.82, 2.24) is 14.8 Å². The van der Waals surface area contributed by atoms with E-state index in [2.05, 4.69) is 10.2 Å². The number of benzene rings is 1. The Morgan fingerprint density at radius 3 is 2.75 bits per heavy atom. The second-order valence-corrected chi connectivity index (χ2v) is 5.92. The number of piperidine rings is 1. The van der Waals surface area contributed by atoms with Crippen LogP contribution in [0, 0.1) is 11.3 Å². The van der Waals surface area contributed by atoms with Crippen molar-refractivity contribution in [2.75, 3.05) is 18.0 Å². The number of anilines is 1. The predicted octanol–water partition coefficient (Wildman–Crippen LogP) is 3.09. The van der Waals surface area contributed by atoms with Crippen molar-refractivity contribution in [3.05, 3.63) is 41.5 Å². The molecule has 1 aliphatic heterocycles. The Hall–Kier alpha value is -2.56. The van der Waals surface area contributed by atoms with Crippen LogP contribution in [0.1, 0.15) is 35.7 Å². The van der Waals surface area contributed by atoms with Crippen molar-refractivity contribution in [2.24, 2.45) is 7.05 Å². The number of nitrogens with zero attached hydrogens (tertiary/aromatic N) is 5. The largest absolute Gasteiger partial charge is 0.417 e. The molecule has 2 heterocycles. The normalized spacial score (nSPS) is 18.5. The van der Waals surface area contributed by atoms with Gasteiger partial charge in [0.2, 0.25) is 0 Å². The molecule has 1 fully saturated rings. The molecule has 1 atom stereocenters. The fourth-order valence-corrected chi connectivity index (χ4v) is 3.15. The molecule has 0 amide bonds. The van der Waals surface area contributed by atoms with E-state index in [1.807, 2.05) is 16.5 Å². The van der Waals surface area contributed by atoms with Crippen LogP contribution in [-0.4, -0.2) is 27.9 Å². The molecule has 8 heteroatoms. The number of nitriles is 1. The Bertz CT molecular complexity index is 775. The van der Waals surface area contributed by atoms with Gasteiger partial charge in [0, 0.05) is 31.7 Å². The van der Waals surface area contributed by atoms with Gasteiger partial charge in [-0.15, -0.1) is 10.2 Å². The van der Waals surface area contributed by atoms with E-state index in [1.165, 1.54) is 12.1 Å². The zero-order chi connectivity index (χ0) is 17.3. The molecule has 5 nitrogen and oxygen atoms in total. The molecule has 0 bridgehead atoms. The number of aryl methyl sites for hydroxylation is 1. The van der Waals surface area contributed by atoms with Gasteiger partial charge in [-0.2, -0.15) is 18.4 Å². The maximum atomic E-state index is 12.9. The lowest BCUT2D eigenvalue weighted by molar-refractivity contribution is -0.137. The van der Waals surface area contributed by atoms with Crippen LogP contribution >= 0.6 is 0 Å². The number of rotatable bonds is 2. The Morgan fingerprint density at radius 2 is 2.12 bits per heavy atom. The summed E-state index contributed by atoms with van der Waals surface area (Å²) in [5, 5.41) is 17.1. The first-order chi connectivity index (χ1) is 11.4. The molecule has 2 aromatic rings. The van der Waals surface area contributed by atoms with Crippen LogP contribution in [0.5, 0.6) is 0 Å². The minimum Gasteiger partial charge on any atom is -0.371 e. The molecule has 0 aliphatic carbocycles. The highest BCUT2D eigenvalue weighted by molar-refractivity contribution is 5.55. The van der Waals surface area contributed by atoms with Gasteiger partial charge in [-0.05, 0) is 31.0 Å². The van der Waals surface area contributed by atoms with Gasteiger partial charge >= 0.3 is 6.18 Å². The minimum atomic E-state index is -4.52. The lowest BCUT2D eigenvalue weighted by Gasteiger charge is -2.34. The first-order valence-electron chi connectivity index (χ1n) is 7.60. The summed E-state index contributed by atoms with van der Waals surface area (Å²) in [6.07, 6.45) is -1.03. The maximum absolute atomic E-state index is 12.9. The first-order valence-corrected chi connectivity index (χ1v) is 7.60. The highest BCUT2D eigenvalue weighted by Gasteiger charge is 2.34. The van der Waals surface area contributed by atoms with Crippen LogP contribution in [0.4, 0.5) is 18.9 Å². The van der Waals surface area contributed by atoms with Gasteiger partial charge in [-0.1, -0.05) is 0 Å². The van der Waals surface area contributed by atoms with Gasteiger partial charge in [0.1, 0.15) is 12.2 Å². The fourth-order valence-electron chi connectivity index (χ4n) is 3.15. The molecule has 1 aromatic carbocycles.